The van der Waals surface area contributed by atoms with Crippen LogP contribution in [0.1, 0.15) is 45.4 Å². The second-order valence-corrected chi connectivity index (χ2v) is 7.23. The van der Waals surface area contributed by atoms with Crippen molar-refractivity contribution in [3.8, 4) is 11.4 Å². The van der Waals surface area contributed by atoms with Crippen LogP contribution in [0.25, 0.3) is 11.4 Å². The highest BCUT2D eigenvalue weighted by Gasteiger charge is 2.28. The summed E-state index contributed by atoms with van der Waals surface area (Å²) in [4.78, 5) is 16.8. The van der Waals surface area contributed by atoms with Gasteiger partial charge < -0.3 is 11.1 Å². The summed E-state index contributed by atoms with van der Waals surface area (Å²) < 4.78 is 0. The zero-order chi connectivity index (χ0) is 16.6. The Kier molecular flexibility index (Phi) is 5.30. The molecule has 24 heavy (non-hydrogen) atoms. The normalized spacial score (nSPS) is 15.5. The molecule has 7 heteroatoms. The fourth-order valence-corrected chi connectivity index (χ4v) is 2.29. The van der Waals surface area contributed by atoms with Gasteiger partial charge in [-0.15, -0.1) is 12.4 Å². The molecule has 2 aromatic rings. The number of nitrogens with zero attached hydrogens (tertiary/aromatic N) is 2. The van der Waals surface area contributed by atoms with E-state index >= 15 is 0 Å². The maximum absolute atomic E-state index is 12.2. The fourth-order valence-electron chi connectivity index (χ4n) is 2.29. The van der Waals surface area contributed by atoms with Gasteiger partial charge in [0.05, 0.1) is 6.04 Å². The van der Waals surface area contributed by atoms with E-state index in [0.717, 1.165) is 11.4 Å². The average Bonchev–Trinajstić information content (AvgIpc) is 3.23. The Hall–Kier alpha value is -1.92. The molecule has 0 radical (unpaired) electrons. The van der Waals surface area contributed by atoms with Crippen LogP contribution in [0.15, 0.2) is 24.3 Å². The molecule has 6 nitrogen and oxygen atoms in total. The highest BCUT2D eigenvalue weighted by atomic mass is 35.5. The molecule has 130 valence electrons. The molecular weight excluding hydrogens is 326 g/mol. The quantitative estimate of drug-likeness (QED) is 0.790. The molecule has 0 aliphatic heterocycles. The number of hydrogen-bond acceptors (Lipinski definition) is 4. The van der Waals surface area contributed by atoms with E-state index in [-0.39, 0.29) is 23.7 Å². The van der Waals surface area contributed by atoms with Crippen molar-refractivity contribution in [1.29, 1.82) is 0 Å². The van der Waals surface area contributed by atoms with Crippen LogP contribution in [-0.2, 0) is 4.79 Å². The van der Waals surface area contributed by atoms with E-state index in [9.17, 15) is 4.79 Å². The molecule has 1 fully saturated rings. The first kappa shape index (κ1) is 18.4. The van der Waals surface area contributed by atoms with Crippen LogP contribution in [0.4, 0.5) is 5.69 Å². The number of anilines is 1. The van der Waals surface area contributed by atoms with Gasteiger partial charge in [0.2, 0.25) is 5.91 Å². The molecule has 1 aliphatic carbocycles. The zero-order valence-electron chi connectivity index (χ0n) is 14.2. The predicted molar refractivity (Wildman–Crippen MR) is 97.1 cm³/mol. The summed E-state index contributed by atoms with van der Waals surface area (Å²) in [6, 6.07) is 6.94. The lowest BCUT2D eigenvalue weighted by Crippen LogP contribution is -2.45. The molecule has 1 amide bonds. The van der Waals surface area contributed by atoms with Crippen LogP contribution < -0.4 is 11.1 Å². The van der Waals surface area contributed by atoms with Gasteiger partial charge >= 0.3 is 0 Å². The molecule has 1 aliphatic rings. The number of carbonyl (C=O) groups excluding carboxylic acids is 1. The van der Waals surface area contributed by atoms with E-state index in [2.05, 4.69) is 20.5 Å². The molecule has 0 spiro atoms. The zero-order valence-corrected chi connectivity index (χ0v) is 15.0. The minimum absolute atomic E-state index is 0. The molecule has 0 unspecified atom stereocenters. The van der Waals surface area contributed by atoms with Crippen LogP contribution >= 0.6 is 12.4 Å². The second kappa shape index (κ2) is 6.91. The molecule has 0 bridgehead atoms. The molecule has 1 atom stereocenters. The van der Waals surface area contributed by atoms with E-state index < -0.39 is 6.04 Å². The molecule has 1 saturated carbocycles. The lowest BCUT2D eigenvalue weighted by Gasteiger charge is -2.25. The highest BCUT2D eigenvalue weighted by molar-refractivity contribution is 5.95. The number of benzene rings is 1. The van der Waals surface area contributed by atoms with Crippen molar-refractivity contribution < 1.29 is 4.79 Å². The Balaban J connectivity index is 0.00000208. The Morgan fingerprint density at radius 2 is 2.08 bits per heavy atom. The van der Waals surface area contributed by atoms with Gasteiger partial charge in [-0.3, -0.25) is 9.89 Å². The van der Waals surface area contributed by atoms with Gasteiger partial charge in [0, 0.05) is 17.2 Å². The highest BCUT2D eigenvalue weighted by Crippen LogP contribution is 2.38. The average molecular weight is 350 g/mol. The number of H-pyrrole nitrogens is 1. The van der Waals surface area contributed by atoms with Crippen LogP contribution in [0, 0.1) is 5.41 Å². The van der Waals surface area contributed by atoms with Crippen LogP contribution in [0.3, 0.4) is 0 Å². The lowest BCUT2D eigenvalue weighted by atomic mass is 9.87. The van der Waals surface area contributed by atoms with E-state index in [1.807, 2.05) is 45.0 Å². The van der Waals surface area contributed by atoms with Gasteiger partial charge in [0.25, 0.3) is 0 Å². The number of aromatic nitrogens is 3. The van der Waals surface area contributed by atoms with Crippen molar-refractivity contribution >= 4 is 24.0 Å². The number of halogens is 1. The largest absolute Gasteiger partial charge is 0.325 e. The maximum atomic E-state index is 12.2. The number of nitrogens with one attached hydrogen (secondary N) is 2. The molecule has 4 N–H and O–H groups in total. The first-order valence-corrected chi connectivity index (χ1v) is 7.94. The number of amides is 1. The summed E-state index contributed by atoms with van der Waals surface area (Å²) in [5, 5.41) is 10.1. The van der Waals surface area contributed by atoms with Crippen molar-refractivity contribution in [3.05, 3.63) is 30.1 Å². The summed E-state index contributed by atoms with van der Waals surface area (Å²) in [5.41, 5.74) is 7.28. The van der Waals surface area contributed by atoms with E-state index in [0.29, 0.717) is 17.4 Å². The Labute approximate surface area is 148 Å². The molecular formula is C17H24ClN5O. The Morgan fingerprint density at radius 3 is 2.71 bits per heavy atom. The summed E-state index contributed by atoms with van der Waals surface area (Å²) in [5.74, 6) is 1.94. The third kappa shape index (κ3) is 4.13. The van der Waals surface area contributed by atoms with Gasteiger partial charge in [0.15, 0.2) is 5.82 Å². The Bertz CT molecular complexity index is 718. The molecule has 1 aromatic carbocycles. The first-order valence-electron chi connectivity index (χ1n) is 7.94. The van der Waals surface area contributed by atoms with Crippen LogP contribution in [0.5, 0.6) is 0 Å². The van der Waals surface area contributed by atoms with E-state index in [4.69, 9.17) is 5.73 Å². The van der Waals surface area contributed by atoms with Gasteiger partial charge in [-0.25, -0.2) is 4.98 Å². The van der Waals surface area contributed by atoms with Crippen molar-refractivity contribution in [3.63, 3.8) is 0 Å². The standard InChI is InChI=1S/C17H23N5O.ClH/c1-17(2,3)13(18)16(23)19-12-6-4-5-11(9-12)15-20-14(21-22-15)10-7-8-10;/h4-6,9-10,13H,7-8,18H2,1-3H3,(H,19,23)(H,20,21,22);1H/t13-;/m1./s1. The third-order valence-electron chi connectivity index (χ3n) is 4.07. The first-order chi connectivity index (χ1) is 10.8. The SMILES string of the molecule is CC(C)(C)[C@H](N)C(=O)Nc1cccc(-c2n[nH]c(C3CC3)n2)c1.Cl. The van der Waals surface area contributed by atoms with E-state index in [1.54, 1.807) is 0 Å². The molecule has 3 rings (SSSR count). The maximum Gasteiger partial charge on any atom is 0.241 e. The smallest absolute Gasteiger partial charge is 0.241 e. The summed E-state index contributed by atoms with van der Waals surface area (Å²) in [6.45, 7) is 5.84. The minimum atomic E-state index is -0.573. The number of carbonyl (C=O) groups is 1. The number of hydrogen-bond donors (Lipinski definition) is 3. The molecule has 1 aromatic heterocycles. The van der Waals surface area contributed by atoms with Gasteiger partial charge in [0.1, 0.15) is 5.82 Å². The Morgan fingerprint density at radius 1 is 1.38 bits per heavy atom. The minimum Gasteiger partial charge on any atom is -0.325 e. The fraction of sp³-hybridized carbons (Fsp3) is 0.471. The van der Waals surface area contributed by atoms with E-state index in [1.165, 1.54) is 12.8 Å². The van der Waals surface area contributed by atoms with Crippen molar-refractivity contribution in [2.24, 2.45) is 11.1 Å². The van der Waals surface area contributed by atoms with Crippen LogP contribution in [0.2, 0.25) is 0 Å². The molecule has 0 saturated heterocycles. The summed E-state index contributed by atoms with van der Waals surface area (Å²) >= 11 is 0. The number of aromatic amines is 1. The third-order valence-corrected chi connectivity index (χ3v) is 4.07. The summed E-state index contributed by atoms with van der Waals surface area (Å²) in [7, 11) is 0. The second-order valence-electron chi connectivity index (χ2n) is 7.23. The van der Waals surface area contributed by atoms with Gasteiger partial charge in [-0.05, 0) is 30.4 Å². The van der Waals surface area contributed by atoms with Gasteiger partial charge in [-0.1, -0.05) is 32.9 Å². The number of nitrogens with two attached hydrogens (primary N) is 1. The van der Waals surface area contributed by atoms with Crippen LogP contribution in [-0.4, -0.2) is 27.1 Å². The van der Waals surface area contributed by atoms with Crippen molar-refractivity contribution in [1.82, 2.24) is 15.2 Å². The van der Waals surface area contributed by atoms with Crippen molar-refractivity contribution in [2.45, 2.75) is 45.6 Å². The van der Waals surface area contributed by atoms with Crippen molar-refractivity contribution in [2.75, 3.05) is 5.32 Å². The summed E-state index contributed by atoms with van der Waals surface area (Å²) in [6.07, 6.45) is 2.35. The molecule has 1 heterocycles. The monoisotopic (exact) mass is 349 g/mol. The topological polar surface area (TPSA) is 96.7 Å². The predicted octanol–water partition coefficient (Wildman–Crippen LogP) is 3.08. The number of rotatable bonds is 4. The van der Waals surface area contributed by atoms with Gasteiger partial charge in [-0.2, -0.15) is 5.10 Å². The lowest BCUT2D eigenvalue weighted by molar-refractivity contribution is -0.119.